The monoisotopic (exact) mass is 1420 g/mol. The van der Waals surface area contributed by atoms with Gasteiger partial charge in [-0.15, -0.1) is 0 Å². The van der Waals surface area contributed by atoms with Gasteiger partial charge in [0.2, 0.25) is 53.2 Å². The summed E-state index contributed by atoms with van der Waals surface area (Å²) in [6.07, 6.45) is -4.82. The topological polar surface area (TPSA) is 513 Å². The number of nitrogens with one attached hydrogen (secondary N) is 12. The molecule has 0 aliphatic carbocycles. The second-order valence-corrected chi connectivity index (χ2v) is 25.2. The molecule has 1 fully saturated rings. The number of aliphatic hydroxyl groups is 2. The number of aliphatic hydroxyl groups excluding tert-OH is 2. The van der Waals surface area contributed by atoms with Crippen molar-refractivity contribution in [2.75, 3.05) is 70.5 Å². The highest BCUT2D eigenvalue weighted by atomic mass is 19.1. The van der Waals surface area contributed by atoms with E-state index in [0.717, 1.165) is 37.0 Å². The maximum absolute atomic E-state index is 14.9. The Balaban J connectivity index is 1.41. The normalized spacial score (nSPS) is 21.5. The molecule has 2 aliphatic rings. The number of ether oxygens (including phenoxy) is 1. The van der Waals surface area contributed by atoms with Crippen molar-refractivity contribution in [3.8, 4) is 0 Å². The van der Waals surface area contributed by atoms with Crippen molar-refractivity contribution < 1.29 is 76.9 Å². The van der Waals surface area contributed by atoms with Crippen molar-refractivity contribution in [3.63, 3.8) is 0 Å². The van der Waals surface area contributed by atoms with Crippen LogP contribution in [-0.2, 0) is 59.1 Å². The number of fused-ring (bicyclic) bond motifs is 1. The second-order valence-electron chi connectivity index (χ2n) is 25.2. The second kappa shape index (κ2) is 40.1. The van der Waals surface area contributed by atoms with Crippen molar-refractivity contribution in [2.24, 2.45) is 28.9 Å². The van der Waals surface area contributed by atoms with Crippen LogP contribution < -0.4 is 86.3 Å². The highest BCUT2D eigenvalue weighted by Gasteiger charge is 2.39. The molecule has 0 spiro atoms. The number of hydrogen-bond acceptors (Lipinski definition) is 20. The number of carbonyl (C=O) groups excluding carboxylic acids is 12. The first-order chi connectivity index (χ1) is 48.0. The predicted octanol–water partition coefficient (Wildman–Crippen LogP) is -3.37. The Labute approximate surface area is 585 Å². The molecule has 0 unspecified atom stereocenters. The first-order valence-corrected chi connectivity index (χ1v) is 33.9. The highest BCUT2D eigenvalue weighted by molar-refractivity contribution is 6.35. The summed E-state index contributed by atoms with van der Waals surface area (Å²) in [6.45, 7) is 13.7. The Morgan fingerprint density at radius 2 is 1.28 bits per heavy atom. The van der Waals surface area contributed by atoms with E-state index in [9.17, 15) is 72.1 Å². The average Bonchev–Trinajstić information content (AvgIpc) is 1.61. The van der Waals surface area contributed by atoms with Crippen molar-refractivity contribution >= 4 is 88.4 Å². The van der Waals surface area contributed by atoms with Crippen LogP contribution in [0.1, 0.15) is 119 Å². The molecule has 556 valence electrons. The number of halogens is 1. The van der Waals surface area contributed by atoms with Crippen molar-refractivity contribution in [2.45, 2.75) is 167 Å². The molecule has 3 aromatic rings. The fourth-order valence-electron chi connectivity index (χ4n) is 11.4. The zero-order valence-electron chi connectivity index (χ0n) is 58.4. The standard InChI is InChI=1S/C67H101FN18O15/c1-9-85(10-2)29-28-74-63(96)53-36(5)49(75-37(53)6)33-43-42-32-41(68)16-17-52(42)86(66(43)99)34-101-67(100)84-55(39(8)88)65(98)80-46(20-25-71)57(90)79-48-22-27-73-64(97)54(38(7)87)83-60(93)47(21-26-72)77-56(89)44(18-23-69)78-61(94)50(30-35(3)4)81-62(95)51(31-40-14-12-11-13-15-40)82-58(91)45(19-24-70)76-59(48)92/h11-17,32-33,35,38-39,44-48,50-51,54-55,75,87-88H,9-10,18-31,34,69-72H2,1-8H3,(H,73,97)(H,74,96)(H,76,92)(H,77,89)(H,78,94)(H,79,90)(H,80,98)(H,81,95)(H,82,91)(H,83,93)(H,84,100)/b43-33-/t38-,39-,44+,45+,46+,47+,48+,50+,51-,54+,55+/m1/s1. The van der Waals surface area contributed by atoms with Gasteiger partial charge in [0, 0.05) is 43.0 Å². The number of amides is 12. The van der Waals surface area contributed by atoms with Crippen molar-refractivity contribution in [1.29, 1.82) is 0 Å². The Hall–Kier alpha value is -9.45. The fourth-order valence-corrected chi connectivity index (χ4v) is 11.4. The summed E-state index contributed by atoms with van der Waals surface area (Å²) < 4.78 is 20.3. The number of H-pyrrole nitrogens is 1. The summed E-state index contributed by atoms with van der Waals surface area (Å²) in [5.41, 5.74) is 26.2. The quantitative estimate of drug-likeness (QED) is 0.0316. The van der Waals surface area contributed by atoms with Crippen LogP contribution in [0.15, 0.2) is 48.5 Å². The number of hydrogen-bond donors (Lipinski definition) is 18. The third kappa shape index (κ3) is 23.8. The Morgan fingerprint density at radius 1 is 0.713 bits per heavy atom. The number of benzene rings is 2. The van der Waals surface area contributed by atoms with E-state index in [4.69, 9.17) is 27.7 Å². The lowest BCUT2D eigenvalue weighted by molar-refractivity contribution is -0.136. The predicted molar refractivity (Wildman–Crippen MR) is 371 cm³/mol. The molecule has 1 saturated heterocycles. The number of likely N-dealkylation sites (N-methyl/N-ethyl adjacent to an activating group) is 1. The minimum absolute atomic E-state index is 0.0221. The SMILES string of the molecule is CCN(CC)CCNC(=O)c1c(C)[nH]c(/C=C2\C(=O)N(COC(=O)N[C@H](C(=O)N[C@@H](CCN)C(=O)N[C@H]3CCNC(=O)[C@H]([C@@H](C)O)NC(=O)[C@H](CCN)NC(=O)[C@H](CCN)NC(=O)[C@H](CC(C)C)NC(=O)[C@@H](Cc4ccccc4)NC(=O)[C@H](CCN)NC3=O)[C@@H](C)O)c3ccc(F)cc32)c1C. The molecular weight excluding hydrogens is 1320 g/mol. The molecular formula is C67H101FN18O15. The third-order valence-corrected chi connectivity index (χ3v) is 17.0. The van der Waals surface area contributed by atoms with E-state index in [1.54, 1.807) is 58.0 Å². The molecule has 0 radical (unpaired) electrons. The largest absolute Gasteiger partial charge is 0.428 e. The maximum atomic E-state index is 14.9. The molecule has 12 amide bonds. The first kappa shape index (κ1) is 82.2. The van der Waals surface area contributed by atoms with Gasteiger partial charge in [-0.05, 0) is 147 Å². The van der Waals surface area contributed by atoms with E-state index in [1.165, 1.54) is 19.1 Å². The fraction of sp³-hybridized carbons (Fsp3) is 0.552. The number of anilines is 1. The van der Waals surface area contributed by atoms with Gasteiger partial charge in [0.15, 0.2) is 6.73 Å². The van der Waals surface area contributed by atoms with Gasteiger partial charge in [-0.3, -0.25) is 57.6 Å². The zero-order valence-corrected chi connectivity index (χ0v) is 58.4. The number of aromatic amines is 1. The molecule has 0 saturated carbocycles. The lowest BCUT2D eigenvalue weighted by atomic mass is 10.00. The lowest BCUT2D eigenvalue weighted by Crippen LogP contribution is -2.61. The Kier molecular flexibility index (Phi) is 32.7. The third-order valence-electron chi connectivity index (χ3n) is 17.0. The van der Waals surface area contributed by atoms with E-state index in [2.05, 4.69) is 68.4 Å². The molecule has 3 heterocycles. The minimum Gasteiger partial charge on any atom is -0.428 e. The summed E-state index contributed by atoms with van der Waals surface area (Å²) in [7, 11) is 0. The first-order valence-electron chi connectivity index (χ1n) is 33.9. The molecule has 5 rings (SSSR count). The molecule has 2 aromatic carbocycles. The summed E-state index contributed by atoms with van der Waals surface area (Å²) in [5, 5.41) is 49.8. The van der Waals surface area contributed by atoms with Gasteiger partial charge in [-0.25, -0.2) is 9.18 Å². The van der Waals surface area contributed by atoms with E-state index < -0.39 is 157 Å². The molecule has 22 N–H and O–H groups in total. The number of aromatic nitrogens is 1. The van der Waals surface area contributed by atoms with Gasteiger partial charge in [-0.1, -0.05) is 58.0 Å². The summed E-state index contributed by atoms with van der Waals surface area (Å²) >= 11 is 0. The van der Waals surface area contributed by atoms with Crippen LogP contribution in [0.25, 0.3) is 11.6 Å². The summed E-state index contributed by atoms with van der Waals surface area (Å²) in [6, 6.07) is -2.18. The molecule has 1 aromatic heterocycles. The smallest absolute Gasteiger partial charge is 0.409 e. The molecule has 101 heavy (non-hydrogen) atoms. The van der Waals surface area contributed by atoms with Gasteiger partial charge in [0.1, 0.15) is 60.2 Å². The number of alkyl carbamates (subject to hydrolysis) is 1. The summed E-state index contributed by atoms with van der Waals surface area (Å²) in [5.74, 6) is -10.9. The Morgan fingerprint density at radius 3 is 1.84 bits per heavy atom. The lowest BCUT2D eigenvalue weighted by Gasteiger charge is -2.28. The van der Waals surface area contributed by atoms with Gasteiger partial charge in [-0.2, -0.15) is 0 Å². The zero-order chi connectivity index (χ0) is 74.8. The Bertz CT molecular complexity index is 3420. The number of rotatable bonds is 28. The van der Waals surface area contributed by atoms with Gasteiger partial charge in [0.05, 0.1) is 29.0 Å². The van der Waals surface area contributed by atoms with E-state index in [1.807, 2.05) is 13.8 Å². The van der Waals surface area contributed by atoms with Crippen LogP contribution >= 0.6 is 0 Å². The number of aryl methyl sites for hydroxylation is 1. The van der Waals surface area contributed by atoms with Crippen LogP contribution in [0, 0.1) is 25.6 Å². The van der Waals surface area contributed by atoms with Crippen LogP contribution in [0.4, 0.5) is 14.9 Å². The van der Waals surface area contributed by atoms with Gasteiger partial charge >= 0.3 is 6.09 Å². The maximum Gasteiger partial charge on any atom is 0.409 e. The van der Waals surface area contributed by atoms with Crippen LogP contribution in [0.3, 0.4) is 0 Å². The van der Waals surface area contributed by atoms with Crippen molar-refractivity contribution in [1.82, 2.24) is 68.4 Å². The average molecular weight is 1420 g/mol. The van der Waals surface area contributed by atoms with Crippen molar-refractivity contribution in [3.05, 3.63) is 88.0 Å². The number of nitrogens with zero attached hydrogens (tertiary/aromatic N) is 2. The van der Waals surface area contributed by atoms with Gasteiger partial charge < -0.3 is 106 Å². The van der Waals surface area contributed by atoms with Crippen LogP contribution in [0.2, 0.25) is 0 Å². The molecule has 0 bridgehead atoms. The molecule has 2 aliphatic heterocycles. The van der Waals surface area contributed by atoms with E-state index in [0.29, 0.717) is 41.2 Å². The summed E-state index contributed by atoms with van der Waals surface area (Å²) in [4.78, 5) is 176. The molecule has 34 heteroatoms. The number of nitrogens with two attached hydrogens (primary N) is 4. The number of carbonyl (C=O) groups is 12. The van der Waals surface area contributed by atoms with Crippen LogP contribution in [0.5, 0.6) is 0 Å². The van der Waals surface area contributed by atoms with E-state index in [-0.39, 0.29) is 93.4 Å². The molecule has 11 atom stereocenters. The minimum atomic E-state index is -1.88. The van der Waals surface area contributed by atoms with Gasteiger partial charge in [0.25, 0.3) is 11.8 Å². The molecule has 33 nitrogen and oxygen atoms in total. The highest BCUT2D eigenvalue weighted by Crippen LogP contribution is 2.39. The van der Waals surface area contributed by atoms with E-state index >= 15 is 0 Å². The van der Waals surface area contributed by atoms with Crippen LogP contribution in [-0.4, -0.2) is 223 Å².